The zero-order valence-electron chi connectivity index (χ0n) is 16.3. The number of hydrogen-bond acceptors (Lipinski definition) is 3. The molecule has 2 aromatic carbocycles. The largest absolute Gasteiger partial charge is 0.326 e. The van der Waals surface area contributed by atoms with Crippen molar-refractivity contribution in [1.29, 1.82) is 0 Å². The molecule has 6 heteroatoms. The van der Waals surface area contributed by atoms with E-state index in [0.29, 0.717) is 25.9 Å². The summed E-state index contributed by atoms with van der Waals surface area (Å²) in [5.41, 5.74) is 3.83. The SMILES string of the molecule is Cc1cc(C)cc(NC(=O)C2CCN(S(=O)(=O)/C=C/c3ccccc3)CC2)c1. The number of anilines is 1. The van der Waals surface area contributed by atoms with Crippen LogP contribution in [0.5, 0.6) is 0 Å². The van der Waals surface area contributed by atoms with Gasteiger partial charge in [0.1, 0.15) is 0 Å². The first-order valence-corrected chi connectivity index (χ1v) is 11.0. The Morgan fingerprint density at radius 3 is 2.25 bits per heavy atom. The average Bonchev–Trinajstić information content (AvgIpc) is 2.66. The third-order valence-electron chi connectivity index (χ3n) is 4.91. The third kappa shape index (κ3) is 5.30. The van der Waals surface area contributed by atoms with Gasteiger partial charge in [-0.05, 0) is 61.6 Å². The van der Waals surface area contributed by atoms with Crippen LogP contribution in [0.15, 0.2) is 53.9 Å². The highest BCUT2D eigenvalue weighted by atomic mass is 32.2. The molecule has 0 atom stereocenters. The molecule has 0 bridgehead atoms. The predicted octanol–water partition coefficient (Wildman–Crippen LogP) is 3.95. The van der Waals surface area contributed by atoms with Crippen LogP contribution in [-0.4, -0.2) is 31.7 Å². The van der Waals surface area contributed by atoms with E-state index >= 15 is 0 Å². The summed E-state index contributed by atoms with van der Waals surface area (Å²) >= 11 is 0. The lowest BCUT2D eigenvalue weighted by molar-refractivity contribution is -0.120. The molecule has 3 rings (SSSR count). The Morgan fingerprint density at radius 2 is 1.64 bits per heavy atom. The number of hydrogen-bond donors (Lipinski definition) is 1. The highest BCUT2D eigenvalue weighted by Gasteiger charge is 2.30. The van der Waals surface area contributed by atoms with E-state index in [-0.39, 0.29) is 11.8 Å². The Bertz CT molecular complexity index is 940. The van der Waals surface area contributed by atoms with Gasteiger partial charge >= 0.3 is 0 Å². The summed E-state index contributed by atoms with van der Waals surface area (Å²) in [5.74, 6) is -0.216. The van der Waals surface area contributed by atoms with Gasteiger partial charge < -0.3 is 5.32 Å². The van der Waals surface area contributed by atoms with Gasteiger partial charge in [-0.15, -0.1) is 0 Å². The van der Waals surface area contributed by atoms with E-state index in [1.54, 1.807) is 6.08 Å². The van der Waals surface area contributed by atoms with E-state index in [9.17, 15) is 13.2 Å². The summed E-state index contributed by atoms with van der Waals surface area (Å²) in [5, 5.41) is 4.22. The van der Waals surface area contributed by atoms with Gasteiger partial charge in [-0.3, -0.25) is 4.79 Å². The van der Waals surface area contributed by atoms with E-state index in [2.05, 4.69) is 11.4 Å². The van der Waals surface area contributed by atoms with Crippen LogP contribution in [0.25, 0.3) is 6.08 Å². The van der Waals surface area contributed by atoms with Crippen molar-refractivity contribution in [2.75, 3.05) is 18.4 Å². The zero-order chi connectivity index (χ0) is 20.1. The van der Waals surface area contributed by atoms with Crippen molar-refractivity contribution >= 4 is 27.7 Å². The Balaban J connectivity index is 1.57. The number of rotatable bonds is 5. The van der Waals surface area contributed by atoms with Gasteiger partial charge in [0.15, 0.2) is 0 Å². The van der Waals surface area contributed by atoms with Crippen LogP contribution in [0.1, 0.15) is 29.5 Å². The molecule has 0 radical (unpaired) electrons. The van der Waals surface area contributed by atoms with Crippen LogP contribution in [-0.2, 0) is 14.8 Å². The first kappa shape index (κ1) is 20.3. The maximum absolute atomic E-state index is 12.6. The molecular formula is C22H26N2O3S. The van der Waals surface area contributed by atoms with Gasteiger partial charge in [0.05, 0.1) is 0 Å². The molecule has 0 aliphatic carbocycles. The van der Waals surface area contributed by atoms with Crippen molar-refractivity contribution in [2.45, 2.75) is 26.7 Å². The molecular weight excluding hydrogens is 372 g/mol. The minimum atomic E-state index is -3.48. The fourth-order valence-electron chi connectivity index (χ4n) is 3.48. The molecule has 0 saturated carbocycles. The van der Waals surface area contributed by atoms with Gasteiger partial charge in [-0.25, -0.2) is 8.42 Å². The van der Waals surface area contributed by atoms with Gasteiger partial charge in [0, 0.05) is 30.1 Å². The number of carbonyl (C=O) groups excluding carboxylic acids is 1. The Morgan fingerprint density at radius 1 is 1.04 bits per heavy atom. The summed E-state index contributed by atoms with van der Waals surface area (Å²) in [6, 6.07) is 15.3. The molecule has 2 aromatic rings. The van der Waals surface area contributed by atoms with Crippen LogP contribution >= 0.6 is 0 Å². The topological polar surface area (TPSA) is 66.5 Å². The number of aryl methyl sites for hydroxylation is 2. The lowest BCUT2D eigenvalue weighted by Gasteiger charge is -2.29. The maximum Gasteiger partial charge on any atom is 0.236 e. The Kier molecular flexibility index (Phi) is 6.31. The number of benzene rings is 2. The van der Waals surface area contributed by atoms with Crippen molar-refractivity contribution in [3.8, 4) is 0 Å². The van der Waals surface area contributed by atoms with Crippen LogP contribution in [0.2, 0.25) is 0 Å². The van der Waals surface area contributed by atoms with Gasteiger partial charge in [-0.1, -0.05) is 36.4 Å². The molecule has 1 aliphatic rings. The van der Waals surface area contributed by atoms with E-state index < -0.39 is 10.0 Å². The summed E-state index contributed by atoms with van der Waals surface area (Å²) < 4.78 is 26.5. The maximum atomic E-state index is 12.6. The second-order valence-electron chi connectivity index (χ2n) is 7.30. The van der Waals surface area contributed by atoms with E-state index in [0.717, 1.165) is 22.4 Å². The average molecular weight is 399 g/mol. The molecule has 0 spiro atoms. The normalized spacial score (nSPS) is 16.4. The molecule has 1 heterocycles. The lowest BCUT2D eigenvalue weighted by Crippen LogP contribution is -2.40. The van der Waals surface area contributed by atoms with Gasteiger partial charge in [0.25, 0.3) is 0 Å². The molecule has 1 fully saturated rings. The summed E-state index contributed by atoms with van der Waals surface area (Å²) in [7, 11) is -3.48. The molecule has 1 saturated heterocycles. The van der Waals surface area contributed by atoms with Crippen molar-refractivity contribution < 1.29 is 13.2 Å². The van der Waals surface area contributed by atoms with Crippen molar-refractivity contribution in [2.24, 2.45) is 5.92 Å². The van der Waals surface area contributed by atoms with Gasteiger partial charge in [0.2, 0.25) is 15.9 Å². The summed E-state index contributed by atoms with van der Waals surface area (Å²) in [4.78, 5) is 12.6. The Labute approximate surface area is 167 Å². The number of piperidine rings is 1. The highest BCUT2D eigenvalue weighted by molar-refractivity contribution is 7.92. The van der Waals surface area contributed by atoms with Gasteiger partial charge in [-0.2, -0.15) is 4.31 Å². The minimum absolute atomic E-state index is 0.0399. The standard InChI is InChI=1S/C22H26N2O3S/c1-17-14-18(2)16-21(15-17)23-22(25)20-8-11-24(12-9-20)28(26,27)13-10-19-6-4-3-5-7-19/h3-7,10,13-16,20H,8-9,11-12H2,1-2H3,(H,23,25)/b13-10+. The number of nitrogens with zero attached hydrogens (tertiary/aromatic N) is 1. The molecule has 1 aliphatic heterocycles. The Hall–Kier alpha value is -2.44. The quantitative estimate of drug-likeness (QED) is 0.829. The van der Waals surface area contributed by atoms with Crippen LogP contribution in [0, 0.1) is 19.8 Å². The number of carbonyl (C=O) groups is 1. The van der Waals surface area contributed by atoms with E-state index in [1.807, 2.05) is 56.3 Å². The lowest BCUT2D eigenvalue weighted by atomic mass is 9.97. The third-order valence-corrected chi connectivity index (χ3v) is 6.47. The molecule has 148 valence electrons. The zero-order valence-corrected chi connectivity index (χ0v) is 17.1. The summed E-state index contributed by atoms with van der Waals surface area (Å²) in [6.07, 6.45) is 2.65. The second-order valence-corrected chi connectivity index (χ2v) is 9.12. The van der Waals surface area contributed by atoms with Crippen LogP contribution in [0.3, 0.4) is 0 Å². The number of sulfonamides is 1. The minimum Gasteiger partial charge on any atom is -0.326 e. The first-order valence-electron chi connectivity index (χ1n) is 9.46. The van der Waals surface area contributed by atoms with Crippen LogP contribution < -0.4 is 5.32 Å². The fourth-order valence-corrected chi connectivity index (χ4v) is 4.70. The molecule has 1 N–H and O–H groups in total. The summed E-state index contributed by atoms with van der Waals surface area (Å²) in [6.45, 7) is 4.70. The van der Waals surface area contributed by atoms with E-state index in [4.69, 9.17) is 0 Å². The molecule has 28 heavy (non-hydrogen) atoms. The van der Waals surface area contributed by atoms with Crippen molar-refractivity contribution in [3.05, 3.63) is 70.6 Å². The molecule has 1 amide bonds. The first-order chi connectivity index (χ1) is 13.3. The monoisotopic (exact) mass is 398 g/mol. The number of amides is 1. The van der Waals surface area contributed by atoms with Crippen LogP contribution in [0.4, 0.5) is 5.69 Å². The van der Waals surface area contributed by atoms with Crippen molar-refractivity contribution in [1.82, 2.24) is 4.31 Å². The number of nitrogens with one attached hydrogen (secondary N) is 1. The second kappa shape index (κ2) is 8.71. The van der Waals surface area contributed by atoms with E-state index in [1.165, 1.54) is 9.71 Å². The fraction of sp³-hybridized carbons (Fsp3) is 0.318. The highest BCUT2D eigenvalue weighted by Crippen LogP contribution is 2.23. The smallest absolute Gasteiger partial charge is 0.236 e. The molecule has 0 aromatic heterocycles. The molecule has 5 nitrogen and oxygen atoms in total. The predicted molar refractivity (Wildman–Crippen MR) is 113 cm³/mol. The molecule has 0 unspecified atom stereocenters. The van der Waals surface area contributed by atoms with Crippen molar-refractivity contribution in [3.63, 3.8) is 0 Å².